The number of allylic oxidation sites excluding steroid dienone is 1. The summed E-state index contributed by atoms with van der Waals surface area (Å²) in [7, 11) is 3.08. The van der Waals surface area contributed by atoms with Crippen LogP contribution in [0, 0.1) is 0 Å². The lowest BCUT2D eigenvalue weighted by Gasteiger charge is -2.26. The molecule has 0 saturated heterocycles. The van der Waals surface area contributed by atoms with E-state index in [9.17, 15) is 9.59 Å². The molecule has 0 bridgehead atoms. The molecule has 3 heterocycles. The molecule has 32 heavy (non-hydrogen) atoms. The minimum absolute atomic E-state index is 0.199. The Morgan fingerprint density at radius 3 is 2.75 bits per heavy atom. The predicted octanol–water partition coefficient (Wildman–Crippen LogP) is 2.41. The van der Waals surface area contributed by atoms with Gasteiger partial charge in [0.15, 0.2) is 4.80 Å². The van der Waals surface area contributed by atoms with Crippen LogP contribution in [0.4, 0.5) is 0 Å². The number of ether oxygens (including phenoxy) is 3. The van der Waals surface area contributed by atoms with Gasteiger partial charge in [0.25, 0.3) is 5.56 Å². The van der Waals surface area contributed by atoms with E-state index >= 15 is 0 Å². The highest BCUT2D eigenvalue weighted by Gasteiger charge is 2.35. The standard InChI is InChI=1S/C23H22N2O6S/c1-5-30-22(27)19-13(2)24-23-25(21(26)18(32-23)12-15-7-6-10-31-15)20(19)16-9-8-14(28-3)11-17(16)29-4/h6-12,20H,5H2,1-4H3/b18-12-/t20-/m1/s1. The molecular formula is C23H22N2O6S. The number of hydrogen-bond donors (Lipinski definition) is 0. The summed E-state index contributed by atoms with van der Waals surface area (Å²) in [5.74, 6) is 1.09. The van der Waals surface area contributed by atoms with Gasteiger partial charge in [0, 0.05) is 17.7 Å². The van der Waals surface area contributed by atoms with E-state index in [4.69, 9.17) is 18.6 Å². The van der Waals surface area contributed by atoms with Gasteiger partial charge in [-0.1, -0.05) is 11.3 Å². The molecule has 1 aliphatic heterocycles. The zero-order chi connectivity index (χ0) is 22.8. The van der Waals surface area contributed by atoms with Gasteiger partial charge in [0.05, 0.1) is 42.9 Å². The van der Waals surface area contributed by atoms with E-state index < -0.39 is 12.0 Å². The molecule has 0 saturated carbocycles. The van der Waals surface area contributed by atoms with Gasteiger partial charge in [0.1, 0.15) is 23.3 Å². The zero-order valence-electron chi connectivity index (χ0n) is 18.1. The van der Waals surface area contributed by atoms with Crippen molar-refractivity contribution in [2.24, 2.45) is 4.99 Å². The monoisotopic (exact) mass is 454 g/mol. The number of hydrogen-bond acceptors (Lipinski definition) is 8. The molecule has 0 amide bonds. The Morgan fingerprint density at radius 2 is 2.09 bits per heavy atom. The molecule has 0 aliphatic carbocycles. The number of carbonyl (C=O) groups excluding carboxylic acids is 1. The van der Waals surface area contributed by atoms with E-state index in [1.807, 2.05) is 0 Å². The highest BCUT2D eigenvalue weighted by molar-refractivity contribution is 7.07. The lowest BCUT2D eigenvalue weighted by Crippen LogP contribution is -2.40. The van der Waals surface area contributed by atoms with Crippen LogP contribution in [0.3, 0.4) is 0 Å². The third-order valence-corrected chi connectivity index (χ3v) is 6.05. The molecule has 9 heteroatoms. The fourth-order valence-corrected chi connectivity index (χ4v) is 4.66. The number of nitrogens with zero attached hydrogens (tertiary/aromatic N) is 2. The molecule has 2 aromatic heterocycles. The Labute approximate surface area is 187 Å². The van der Waals surface area contributed by atoms with Gasteiger partial charge in [-0.05, 0) is 38.1 Å². The Morgan fingerprint density at radius 1 is 1.28 bits per heavy atom. The quantitative estimate of drug-likeness (QED) is 0.531. The number of furan rings is 1. The highest BCUT2D eigenvalue weighted by atomic mass is 32.1. The lowest BCUT2D eigenvalue weighted by molar-refractivity contribution is -0.139. The highest BCUT2D eigenvalue weighted by Crippen LogP contribution is 2.37. The zero-order valence-corrected chi connectivity index (χ0v) is 18.9. The van der Waals surface area contributed by atoms with Crippen molar-refractivity contribution >= 4 is 23.4 Å². The second kappa shape index (κ2) is 8.88. The molecule has 3 aromatic rings. The summed E-state index contributed by atoms with van der Waals surface area (Å²) in [5, 5.41) is 0. The minimum atomic E-state index is -0.773. The first-order valence-electron chi connectivity index (χ1n) is 9.93. The third-order valence-electron chi connectivity index (χ3n) is 5.07. The van der Waals surface area contributed by atoms with E-state index in [-0.39, 0.29) is 17.7 Å². The summed E-state index contributed by atoms with van der Waals surface area (Å²) in [4.78, 5) is 31.5. The minimum Gasteiger partial charge on any atom is -0.497 e. The summed E-state index contributed by atoms with van der Waals surface area (Å²) in [6, 6.07) is 7.99. The van der Waals surface area contributed by atoms with Crippen LogP contribution in [0.15, 0.2) is 62.1 Å². The first-order valence-corrected chi connectivity index (χ1v) is 10.7. The molecular weight excluding hydrogens is 432 g/mol. The van der Waals surface area contributed by atoms with Gasteiger partial charge in [-0.15, -0.1) is 0 Å². The largest absolute Gasteiger partial charge is 0.497 e. The Balaban J connectivity index is 2.01. The fraction of sp³-hybridized carbons (Fsp3) is 0.261. The van der Waals surface area contributed by atoms with Crippen molar-refractivity contribution in [3.05, 3.63) is 78.9 Å². The normalized spacial score (nSPS) is 15.9. The predicted molar refractivity (Wildman–Crippen MR) is 119 cm³/mol. The number of fused-ring (bicyclic) bond motifs is 1. The van der Waals surface area contributed by atoms with Crippen molar-refractivity contribution < 1.29 is 23.4 Å². The van der Waals surface area contributed by atoms with Crippen molar-refractivity contribution in [1.29, 1.82) is 0 Å². The molecule has 4 rings (SSSR count). The molecule has 8 nitrogen and oxygen atoms in total. The van der Waals surface area contributed by atoms with Gasteiger partial charge >= 0.3 is 5.97 Å². The fourth-order valence-electron chi connectivity index (χ4n) is 3.63. The van der Waals surface area contributed by atoms with Crippen molar-refractivity contribution in [3.63, 3.8) is 0 Å². The van der Waals surface area contributed by atoms with Gasteiger partial charge in [-0.25, -0.2) is 9.79 Å². The number of aromatic nitrogens is 1. The number of benzene rings is 1. The van der Waals surface area contributed by atoms with E-state index in [0.717, 1.165) is 0 Å². The summed E-state index contributed by atoms with van der Waals surface area (Å²) >= 11 is 1.23. The van der Waals surface area contributed by atoms with Crippen LogP contribution >= 0.6 is 11.3 Å². The maximum atomic E-state index is 13.5. The Kier molecular flexibility index (Phi) is 6.00. The average Bonchev–Trinajstić information content (AvgIpc) is 3.40. The second-order valence-corrected chi connectivity index (χ2v) is 7.93. The number of thiazole rings is 1. The smallest absolute Gasteiger partial charge is 0.338 e. The average molecular weight is 455 g/mol. The van der Waals surface area contributed by atoms with Crippen molar-refractivity contribution in [2.75, 3.05) is 20.8 Å². The molecule has 166 valence electrons. The number of rotatable bonds is 6. The molecule has 1 aliphatic rings. The van der Waals surface area contributed by atoms with Gasteiger partial charge in [-0.3, -0.25) is 9.36 Å². The first kappa shape index (κ1) is 21.6. The van der Waals surface area contributed by atoms with Crippen LogP contribution in [-0.4, -0.2) is 31.4 Å². The number of esters is 1. The molecule has 0 fully saturated rings. The van der Waals surface area contributed by atoms with Crippen molar-refractivity contribution in [1.82, 2.24) is 4.57 Å². The number of carbonyl (C=O) groups is 1. The van der Waals surface area contributed by atoms with E-state index in [0.29, 0.717) is 37.9 Å². The maximum Gasteiger partial charge on any atom is 0.338 e. The van der Waals surface area contributed by atoms with Crippen LogP contribution in [0.25, 0.3) is 6.08 Å². The van der Waals surface area contributed by atoms with E-state index in [1.165, 1.54) is 29.3 Å². The summed E-state index contributed by atoms with van der Waals surface area (Å²) in [6.07, 6.45) is 3.20. The van der Waals surface area contributed by atoms with Crippen LogP contribution < -0.4 is 24.4 Å². The Hall–Kier alpha value is -3.59. The second-order valence-electron chi connectivity index (χ2n) is 6.93. The number of methoxy groups -OCH3 is 2. The molecule has 1 atom stereocenters. The molecule has 1 aromatic carbocycles. The molecule has 0 N–H and O–H groups in total. The van der Waals surface area contributed by atoms with E-state index in [1.54, 1.807) is 57.4 Å². The van der Waals surface area contributed by atoms with Crippen LogP contribution in [0.5, 0.6) is 11.5 Å². The van der Waals surface area contributed by atoms with Crippen LogP contribution in [0.1, 0.15) is 31.2 Å². The van der Waals surface area contributed by atoms with Crippen LogP contribution in [0.2, 0.25) is 0 Å². The van der Waals surface area contributed by atoms with Gasteiger partial charge in [-0.2, -0.15) is 0 Å². The third kappa shape index (κ3) is 3.75. The SMILES string of the molecule is CCOC(=O)C1=C(C)N=c2s/c(=C\c3ccco3)c(=O)n2[C@@H]1c1ccc(OC)cc1OC. The topological polar surface area (TPSA) is 92.3 Å². The summed E-state index contributed by atoms with van der Waals surface area (Å²) in [5.41, 5.74) is 1.10. The van der Waals surface area contributed by atoms with Crippen molar-refractivity contribution in [3.8, 4) is 11.5 Å². The molecule has 0 spiro atoms. The lowest BCUT2D eigenvalue weighted by atomic mass is 9.95. The molecule has 0 radical (unpaired) electrons. The first-order chi connectivity index (χ1) is 15.5. The van der Waals surface area contributed by atoms with Gasteiger partial charge < -0.3 is 18.6 Å². The maximum absolute atomic E-state index is 13.5. The van der Waals surface area contributed by atoms with Crippen molar-refractivity contribution in [2.45, 2.75) is 19.9 Å². The Bertz CT molecular complexity index is 1360. The molecule has 0 unspecified atom stereocenters. The van der Waals surface area contributed by atoms with Crippen LogP contribution in [-0.2, 0) is 9.53 Å². The summed E-state index contributed by atoms with van der Waals surface area (Å²) < 4.78 is 23.5. The summed E-state index contributed by atoms with van der Waals surface area (Å²) in [6.45, 7) is 3.67. The van der Waals surface area contributed by atoms with E-state index in [2.05, 4.69) is 4.99 Å². The van der Waals surface area contributed by atoms with Gasteiger partial charge in [0.2, 0.25) is 0 Å².